The zero-order valence-electron chi connectivity index (χ0n) is 10.0. The van der Waals surface area contributed by atoms with Crippen LogP contribution in [0.25, 0.3) is 0 Å². The van der Waals surface area contributed by atoms with Gasteiger partial charge in [0.1, 0.15) is 0 Å². The second-order valence-corrected chi connectivity index (χ2v) is 3.88. The van der Waals surface area contributed by atoms with Crippen LogP contribution < -0.4 is 0 Å². The van der Waals surface area contributed by atoms with Gasteiger partial charge in [-0.2, -0.15) is 0 Å². The molecule has 0 aromatic heterocycles. The molecule has 0 spiro atoms. The molecule has 0 aliphatic carbocycles. The first-order valence-electron chi connectivity index (χ1n) is 5.46. The first kappa shape index (κ1) is 16.3. The van der Waals surface area contributed by atoms with Crippen LogP contribution in [0.5, 0.6) is 0 Å². The first-order chi connectivity index (χ1) is 8.07. The smallest absolute Gasteiger partial charge is 0.324 e. The van der Waals surface area contributed by atoms with Crippen molar-refractivity contribution in [3.8, 4) is 0 Å². The third-order valence-corrected chi connectivity index (χ3v) is 2.27. The molecule has 1 fully saturated rings. The minimum atomic E-state index is -1.11. The van der Waals surface area contributed by atoms with Gasteiger partial charge in [0.05, 0.1) is 44.9 Å². The standard InChI is InChI=1S/C5H9NO2.C5H12O4/c1-2-5(7)8-6-3-4-6;6-1-5(2-7,3-8)4-9/h2-4H2,1H3;6-9H,1-4H2. The van der Waals surface area contributed by atoms with Crippen molar-refractivity contribution in [3.63, 3.8) is 0 Å². The summed E-state index contributed by atoms with van der Waals surface area (Å²) < 4.78 is 0. The molecule has 0 bridgehead atoms. The molecule has 0 atom stereocenters. The summed E-state index contributed by atoms with van der Waals surface area (Å²) >= 11 is 0. The third-order valence-electron chi connectivity index (χ3n) is 2.27. The minimum Gasteiger partial charge on any atom is -0.396 e. The highest BCUT2D eigenvalue weighted by atomic mass is 16.7. The summed E-state index contributed by atoms with van der Waals surface area (Å²) in [5.74, 6) is -0.137. The van der Waals surface area contributed by atoms with E-state index in [-0.39, 0.29) is 5.97 Å². The molecule has 1 heterocycles. The van der Waals surface area contributed by atoms with E-state index in [0.29, 0.717) is 6.42 Å². The lowest BCUT2D eigenvalue weighted by Gasteiger charge is -2.23. The van der Waals surface area contributed by atoms with Crippen LogP contribution in [0.4, 0.5) is 0 Å². The Morgan fingerprint density at radius 2 is 1.53 bits per heavy atom. The van der Waals surface area contributed by atoms with Gasteiger partial charge in [0.2, 0.25) is 0 Å². The van der Waals surface area contributed by atoms with E-state index in [1.807, 2.05) is 0 Å². The maximum absolute atomic E-state index is 10.4. The summed E-state index contributed by atoms with van der Waals surface area (Å²) in [5, 5.41) is 35.6. The quantitative estimate of drug-likeness (QED) is 0.409. The van der Waals surface area contributed by atoms with E-state index >= 15 is 0 Å². The van der Waals surface area contributed by atoms with Gasteiger partial charge in [-0.3, -0.25) is 4.79 Å². The van der Waals surface area contributed by atoms with Gasteiger partial charge in [-0.1, -0.05) is 6.92 Å². The molecule has 0 radical (unpaired) electrons. The zero-order chi connectivity index (χ0) is 13.3. The Kier molecular flexibility index (Phi) is 8.01. The number of hydrogen-bond donors (Lipinski definition) is 4. The van der Waals surface area contributed by atoms with Crippen molar-refractivity contribution in [1.82, 2.24) is 5.06 Å². The summed E-state index contributed by atoms with van der Waals surface area (Å²) in [6.07, 6.45) is 0.469. The molecule has 0 unspecified atom stereocenters. The predicted octanol–water partition coefficient (Wildman–Crippen LogP) is -1.89. The SMILES string of the molecule is CCC(=O)ON1CC1.OCC(CO)(CO)CO. The van der Waals surface area contributed by atoms with E-state index in [1.165, 1.54) is 0 Å². The van der Waals surface area contributed by atoms with E-state index in [1.54, 1.807) is 12.0 Å². The number of hydrogen-bond acceptors (Lipinski definition) is 7. The van der Waals surface area contributed by atoms with Crippen molar-refractivity contribution >= 4 is 5.97 Å². The Morgan fingerprint density at radius 3 is 1.71 bits per heavy atom. The van der Waals surface area contributed by atoms with Gasteiger partial charge >= 0.3 is 5.97 Å². The number of nitrogens with zero attached hydrogens (tertiary/aromatic N) is 1. The largest absolute Gasteiger partial charge is 0.396 e. The van der Waals surface area contributed by atoms with Crippen molar-refractivity contribution in [3.05, 3.63) is 0 Å². The number of carbonyl (C=O) groups excluding carboxylic acids is 1. The molecule has 0 aromatic carbocycles. The average molecular weight is 251 g/mol. The summed E-state index contributed by atoms with van der Waals surface area (Å²) in [7, 11) is 0. The van der Waals surface area contributed by atoms with Crippen molar-refractivity contribution in [1.29, 1.82) is 0 Å². The van der Waals surface area contributed by atoms with E-state index < -0.39 is 31.8 Å². The van der Waals surface area contributed by atoms with E-state index in [2.05, 4.69) is 0 Å². The Balaban J connectivity index is 0.000000302. The third kappa shape index (κ3) is 6.54. The number of rotatable bonds is 6. The Bertz CT molecular complexity index is 197. The van der Waals surface area contributed by atoms with Gasteiger partial charge in [-0.25, -0.2) is 0 Å². The monoisotopic (exact) mass is 251 g/mol. The lowest BCUT2D eigenvalue weighted by atomic mass is 9.93. The normalized spacial score (nSPS) is 14.9. The second kappa shape index (κ2) is 8.37. The second-order valence-electron chi connectivity index (χ2n) is 3.88. The van der Waals surface area contributed by atoms with Gasteiger partial charge < -0.3 is 25.3 Å². The van der Waals surface area contributed by atoms with Gasteiger partial charge in [0.25, 0.3) is 0 Å². The van der Waals surface area contributed by atoms with Crippen LogP contribution in [0.1, 0.15) is 13.3 Å². The van der Waals surface area contributed by atoms with E-state index in [0.717, 1.165) is 13.1 Å². The van der Waals surface area contributed by atoms with Gasteiger partial charge in [0, 0.05) is 6.42 Å². The molecule has 17 heavy (non-hydrogen) atoms. The minimum absolute atomic E-state index is 0.137. The van der Waals surface area contributed by atoms with Crippen LogP contribution in [0.3, 0.4) is 0 Å². The zero-order valence-corrected chi connectivity index (χ0v) is 10.0. The lowest BCUT2D eigenvalue weighted by Crippen LogP contribution is -2.37. The number of carbonyl (C=O) groups is 1. The molecule has 1 saturated heterocycles. The van der Waals surface area contributed by atoms with Crippen LogP contribution in [-0.4, -0.2) is 71.0 Å². The van der Waals surface area contributed by atoms with Crippen molar-refractivity contribution in [2.24, 2.45) is 5.41 Å². The molecule has 1 rings (SSSR count). The maximum Gasteiger partial charge on any atom is 0.324 e. The van der Waals surface area contributed by atoms with Crippen LogP contribution in [0, 0.1) is 5.41 Å². The molecule has 4 N–H and O–H groups in total. The topological polar surface area (TPSA) is 110 Å². The molecular formula is C10H21NO6. The van der Waals surface area contributed by atoms with Crippen LogP contribution in [0.2, 0.25) is 0 Å². The molecule has 7 nitrogen and oxygen atoms in total. The number of hydroxylamine groups is 2. The van der Waals surface area contributed by atoms with Gasteiger partial charge in [-0.15, -0.1) is 5.06 Å². The van der Waals surface area contributed by atoms with Gasteiger partial charge in [-0.05, 0) is 0 Å². The van der Waals surface area contributed by atoms with Crippen LogP contribution in [0.15, 0.2) is 0 Å². The summed E-state index contributed by atoms with van der Waals surface area (Å²) in [6.45, 7) is 1.98. The Labute approximate surface area is 100 Å². The summed E-state index contributed by atoms with van der Waals surface area (Å²) in [6, 6.07) is 0. The Hall–Kier alpha value is -0.730. The molecule has 0 saturated carbocycles. The maximum atomic E-state index is 10.4. The Morgan fingerprint density at radius 1 is 1.12 bits per heavy atom. The molecule has 7 heteroatoms. The fourth-order valence-corrected chi connectivity index (χ4v) is 0.641. The van der Waals surface area contributed by atoms with Crippen molar-refractivity contribution in [2.45, 2.75) is 13.3 Å². The molecule has 1 aliphatic heterocycles. The van der Waals surface area contributed by atoms with Crippen LogP contribution in [-0.2, 0) is 9.63 Å². The lowest BCUT2D eigenvalue weighted by molar-refractivity contribution is -0.165. The summed E-state index contributed by atoms with van der Waals surface area (Å²) in [4.78, 5) is 15.1. The van der Waals surface area contributed by atoms with E-state index in [4.69, 9.17) is 25.3 Å². The average Bonchev–Trinajstić information content (AvgIpc) is 3.17. The molecule has 0 amide bonds. The molecule has 102 valence electrons. The summed E-state index contributed by atoms with van der Waals surface area (Å²) in [5.41, 5.74) is -1.11. The highest BCUT2D eigenvalue weighted by Crippen LogP contribution is 2.11. The fraction of sp³-hybridized carbons (Fsp3) is 0.900. The highest BCUT2D eigenvalue weighted by Gasteiger charge is 2.26. The van der Waals surface area contributed by atoms with Crippen molar-refractivity contribution in [2.75, 3.05) is 39.5 Å². The highest BCUT2D eigenvalue weighted by molar-refractivity contribution is 5.68. The number of aliphatic hydroxyl groups is 4. The fourth-order valence-electron chi connectivity index (χ4n) is 0.641. The van der Waals surface area contributed by atoms with Crippen LogP contribution >= 0.6 is 0 Å². The molecular weight excluding hydrogens is 230 g/mol. The van der Waals surface area contributed by atoms with Gasteiger partial charge in [0.15, 0.2) is 0 Å². The first-order valence-corrected chi connectivity index (χ1v) is 5.46. The molecule has 0 aromatic rings. The molecule has 1 aliphatic rings. The van der Waals surface area contributed by atoms with Crippen molar-refractivity contribution < 1.29 is 30.1 Å². The van der Waals surface area contributed by atoms with E-state index in [9.17, 15) is 4.79 Å². The number of aliphatic hydroxyl groups excluding tert-OH is 4. The predicted molar refractivity (Wildman–Crippen MR) is 58.7 cm³/mol.